The molecule has 0 aliphatic heterocycles. The van der Waals surface area contributed by atoms with Crippen LogP contribution in [-0.2, 0) is 0 Å². The Balaban J connectivity index is 2.30. The number of nitrogens with one attached hydrogen (secondary N) is 1. The Labute approximate surface area is 122 Å². The first-order valence-corrected chi connectivity index (χ1v) is 6.23. The second kappa shape index (κ2) is 5.66. The third kappa shape index (κ3) is 2.91. The van der Waals surface area contributed by atoms with Crippen molar-refractivity contribution in [2.45, 2.75) is 0 Å². The Morgan fingerprint density at radius 1 is 1.40 bits per heavy atom. The third-order valence-corrected chi connectivity index (χ3v) is 3.20. The highest BCUT2D eigenvalue weighted by atomic mass is 79.9. The van der Waals surface area contributed by atoms with Crippen molar-refractivity contribution in [3.05, 3.63) is 56.8 Å². The number of nitro groups is 1. The van der Waals surface area contributed by atoms with E-state index in [9.17, 15) is 14.9 Å². The molecular formula is C12H9BrN4O3. The Kier molecular flexibility index (Phi) is 3.94. The first kappa shape index (κ1) is 13.9. The fraction of sp³-hybridized carbons (Fsp3) is 0. The smallest absolute Gasteiger partial charge is 0.271 e. The molecule has 0 aliphatic rings. The summed E-state index contributed by atoms with van der Waals surface area (Å²) < 4.78 is 0.532. The van der Waals surface area contributed by atoms with Crippen molar-refractivity contribution < 1.29 is 9.72 Å². The summed E-state index contributed by atoms with van der Waals surface area (Å²) >= 11 is 3.22. The van der Waals surface area contributed by atoms with Gasteiger partial charge in [-0.3, -0.25) is 19.9 Å². The van der Waals surface area contributed by atoms with Crippen LogP contribution in [0, 0.1) is 10.1 Å². The summed E-state index contributed by atoms with van der Waals surface area (Å²) in [5, 5.41) is 13.3. The topological polar surface area (TPSA) is 111 Å². The highest BCUT2D eigenvalue weighted by Gasteiger charge is 2.14. The Bertz CT molecular complexity index is 690. The maximum Gasteiger partial charge on any atom is 0.271 e. The summed E-state index contributed by atoms with van der Waals surface area (Å²) in [6, 6.07) is 5.56. The number of rotatable bonds is 3. The molecule has 0 unspecified atom stereocenters. The lowest BCUT2D eigenvalue weighted by molar-refractivity contribution is -0.384. The van der Waals surface area contributed by atoms with Crippen LogP contribution in [0.2, 0.25) is 0 Å². The predicted molar refractivity (Wildman–Crippen MR) is 77.4 cm³/mol. The zero-order valence-corrected chi connectivity index (χ0v) is 11.6. The standard InChI is InChI=1S/C12H9BrN4O3/c13-9-2-1-7(17(19)20)5-11(9)16-12(18)8-3-4-15-6-10(8)14/h1-6H,14H2,(H,16,18). The molecule has 0 fully saturated rings. The number of nitrogen functional groups attached to an aromatic ring is 1. The van der Waals surface area contributed by atoms with Crippen LogP contribution in [-0.4, -0.2) is 15.8 Å². The summed E-state index contributed by atoms with van der Waals surface area (Å²) in [6.07, 6.45) is 2.80. The third-order valence-electron chi connectivity index (χ3n) is 2.51. The van der Waals surface area contributed by atoms with E-state index in [1.165, 1.54) is 36.7 Å². The van der Waals surface area contributed by atoms with Crippen molar-refractivity contribution in [2.24, 2.45) is 0 Å². The number of hydrogen-bond donors (Lipinski definition) is 2. The van der Waals surface area contributed by atoms with Crippen LogP contribution in [0.25, 0.3) is 0 Å². The van der Waals surface area contributed by atoms with E-state index in [-0.39, 0.29) is 16.9 Å². The molecule has 0 saturated carbocycles. The number of halogens is 1. The molecule has 0 spiro atoms. The van der Waals surface area contributed by atoms with Crippen molar-refractivity contribution in [3.8, 4) is 0 Å². The van der Waals surface area contributed by atoms with Gasteiger partial charge in [-0.05, 0) is 28.1 Å². The second-order valence-corrected chi connectivity index (χ2v) is 4.69. The molecule has 8 heteroatoms. The van der Waals surface area contributed by atoms with Crippen molar-refractivity contribution in [3.63, 3.8) is 0 Å². The maximum absolute atomic E-state index is 12.1. The SMILES string of the molecule is Nc1cnccc1C(=O)Nc1cc([N+](=O)[O-])ccc1Br. The average molecular weight is 337 g/mol. The summed E-state index contributed by atoms with van der Waals surface area (Å²) in [5.74, 6) is -0.467. The predicted octanol–water partition coefficient (Wildman–Crippen LogP) is 2.59. The number of carbonyl (C=O) groups is 1. The van der Waals surface area contributed by atoms with Gasteiger partial charge in [0.1, 0.15) is 0 Å². The lowest BCUT2D eigenvalue weighted by Gasteiger charge is -2.08. The Morgan fingerprint density at radius 3 is 2.80 bits per heavy atom. The first-order valence-electron chi connectivity index (χ1n) is 5.44. The summed E-state index contributed by atoms with van der Waals surface area (Å²) in [7, 11) is 0. The minimum Gasteiger partial charge on any atom is -0.397 e. The van der Waals surface area contributed by atoms with Gasteiger partial charge in [-0.2, -0.15) is 0 Å². The molecular weight excluding hydrogens is 328 g/mol. The molecule has 1 amide bonds. The van der Waals surface area contributed by atoms with Gasteiger partial charge in [-0.1, -0.05) is 0 Å². The minimum absolute atomic E-state index is 0.119. The van der Waals surface area contributed by atoms with E-state index >= 15 is 0 Å². The summed E-state index contributed by atoms with van der Waals surface area (Å²) in [4.78, 5) is 26.0. The molecule has 2 aromatic rings. The number of amides is 1. The van der Waals surface area contributed by atoms with Crippen LogP contribution in [0.1, 0.15) is 10.4 Å². The fourth-order valence-corrected chi connectivity index (χ4v) is 1.87. The molecule has 1 heterocycles. The Morgan fingerprint density at radius 2 is 2.15 bits per heavy atom. The highest BCUT2D eigenvalue weighted by molar-refractivity contribution is 9.10. The molecule has 1 aromatic carbocycles. The van der Waals surface area contributed by atoms with E-state index in [0.29, 0.717) is 10.2 Å². The number of aromatic nitrogens is 1. The number of non-ortho nitro benzene ring substituents is 1. The van der Waals surface area contributed by atoms with Crippen LogP contribution in [0.15, 0.2) is 41.1 Å². The molecule has 0 bridgehead atoms. The number of pyridine rings is 1. The molecule has 0 saturated heterocycles. The van der Waals surface area contributed by atoms with E-state index in [0.717, 1.165) is 0 Å². The largest absolute Gasteiger partial charge is 0.397 e. The van der Waals surface area contributed by atoms with Crippen LogP contribution in [0.5, 0.6) is 0 Å². The van der Waals surface area contributed by atoms with Crippen molar-refractivity contribution >= 4 is 38.9 Å². The quantitative estimate of drug-likeness (QED) is 0.660. The molecule has 0 aliphatic carbocycles. The molecule has 102 valence electrons. The molecule has 0 atom stereocenters. The number of carbonyl (C=O) groups excluding carboxylic acids is 1. The minimum atomic E-state index is -0.539. The van der Waals surface area contributed by atoms with E-state index in [1.54, 1.807) is 0 Å². The van der Waals surface area contributed by atoms with Gasteiger partial charge in [0.15, 0.2) is 0 Å². The van der Waals surface area contributed by atoms with Gasteiger partial charge in [0.05, 0.1) is 28.1 Å². The normalized spacial score (nSPS) is 10.1. The zero-order chi connectivity index (χ0) is 14.7. The highest BCUT2D eigenvalue weighted by Crippen LogP contribution is 2.27. The van der Waals surface area contributed by atoms with Gasteiger partial charge in [-0.15, -0.1) is 0 Å². The lowest BCUT2D eigenvalue weighted by Crippen LogP contribution is -2.14. The summed E-state index contributed by atoms with van der Waals surface area (Å²) in [6.45, 7) is 0. The molecule has 7 nitrogen and oxygen atoms in total. The van der Waals surface area contributed by atoms with E-state index in [2.05, 4.69) is 26.2 Å². The monoisotopic (exact) mass is 336 g/mol. The van der Waals surface area contributed by atoms with Gasteiger partial charge >= 0.3 is 0 Å². The van der Waals surface area contributed by atoms with Crippen LogP contribution >= 0.6 is 15.9 Å². The number of nitrogens with zero attached hydrogens (tertiary/aromatic N) is 2. The van der Waals surface area contributed by atoms with Crippen molar-refractivity contribution in [2.75, 3.05) is 11.1 Å². The summed E-state index contributed by atoms with van der Waals surface area (Å²) in [5.41, 5.74) is 6.30. The van der Waals surface area contributed by atoms with Gasteiger partial charge in [0.2, 0.25) is 0 Å². The maximum atomic E-state index is 12.1. The molecule has 3 N–H and O–H groups in total. The van der Waals surface area contributed by atoms with Gasteiger partial charge in [0.25, 0.3) is 11.6 Å². The Hall–Kier alpha value is -2.48. The lowest BCUT2D eigenvalue weighted by atomic mass is 10.2. The number of anilines is 2. The van der Waals surface area contributed by atoms with Gasteiger partial charge in [-0.25, -0.2) is 0 Å². The molecule has 0 radical (unpaired) electrons. The van der Waals surface area contributed by atoms with E-state index in [1.807, 2.05) is 0 Å². The number of benzene rings is 1. The molecule has 2 rings (SSSR count). The number of nitro benzene ring substituents is 1. The van der Waals surface area contributed by atoms with Crippen LogP contribution in [0.4, 0.5) is 17.1 Å². The molecule has 1 aromatic heterocycles. The van der Waals surface area contributed by atoms with Crippen LogP contribution in [0.3, 0.4) is 0 Å². The zero-order valence-electron chi connectivity index (χ0n) is 10.0. The van der Waals surface area contributed by atoms with E-state index in [4.69, 9.17) is 5.73 Å². The van der Waals surface area contributed by atoms with Crippen molar-refractivity contribution in [1.29, 1.82) is 0 Å². The second-order valence-electron chi connectivity index (χ2n) is 3.84. The van der Waals surface area contributed by atoms with E-state index < -0.39 is 10.8 Å². The van der Waals surface area contributed by atoms with Crippen LogP contribution < -0.4 is 11.1 Å². The average Bonchev–Trinajstić information content (AvgIpc) is 2.41. The molecule has 20 heavy (non-hydrogen) atoms. The van der Waals surface area contributed by atoms with Gasteiger partial charge < -0.3 is 11.1 Å². The number of nitrogens with two attached hydrogens (primary N) is 1. The fourth-order valence-electron chi connectivity index (χ4n) is 1.53. The van der Waals surface area contributed by atoms with Crippen molar-refractivity contribution in [1.82, 2.24) is 4.98 Å². The van der Waals surface area contributed by atoms with Gasteiger partial charge in [0, 0.05) is 22.8 Å². The first-order chi connectivity index (χ1) is 9.49. The number of hydrogen-bond acceptors (Lipinski definition) is 5.